The average Bonchev–Trinajstić information content (AvgIpc) is 2.49. The van der Waals surface area contributed by atoms with Crippen molar-refractivity contribution in [2.75, 3.05) is 6.54 Å². The van der Waals surface area contributed by atoms with E-state index in [1.54, 1.807) is 0 Å². The Morgan fingerprint density at radius 1 is 1.05 bits per heavy atom. The van der Waals surface area contributed by atoms with E-state index in [0.717, 1.165) is 31.0 Å². The van der Waals surface area contributed by atoms with Crippen LogP contribution in [-0.2, 0) is 6.42 Å². The lowest BCUT2D eigenvalue weighted by Crippen LogP contribution is -2.24. The molecule has 0 amide bonds. The van der Waals surface area contributed by atoms with Crippen molar-refractivity contribution < 1.29 is 8.78 Å². The van der Waals surface area contributed by atoms with Crippen LogP contribution >= 0.6 is 0 Å². The molecule has 2 aromatic rings. The van der Waals surface area contributed by atoms with Crippen LogP contribution in [0.2, 0.25) is 0 Å². The van der Waals surface area contributed by atoms with Crippen molar-refractivity contribution in [3.05, 3.63) is 70.8 Å². The average molecular weight is 289 g/mol. The highest BCUT2D eigenvalue weighted by molar-refractivity contribution is 5.35. The predicted molar refractivity (Wildman–Crippen MR) is 82.3 cm³/mol. The van der Waals surface area contributed by atoms with Crippen LogP contribution in [0.25, 0.3) is 0 Å². The minimum Gasteiger partial charge on any atom is -0.306 e. The van der Waals surface area contributed by atoms with Gasteiger partial charge in [0.05, 0.1) is 6.04 Å². The molecule has 112 valence electrons. The summed E-state index contributed by atoms with van der Waals surface area (Å²) in [4.78, 5) is 0. The molecule has 0 bridgehead atoms. The van der Waals surface area contributed by atoms with Crippen molar-refractivity contribution in [3.63, 3.8) is 0 Å². The van der Waals surface area contributed by atoms with Gasteiger partial charge in [-0.05, 0) is 36.6 Å². The molecule has 1 atom stereocenters. The van der Waals surface area contributed by atoms with E-state index < -0.39 is 11.6 Å². The van der Waals surface area contributed by atoms with E-state index in [-0.39, 0.29) is 6.04 Å². The van der Waals surface area contributed by atoms with Gasteiger partial charge in [-0.15, -0.1) is 0 Å². The number of rotatable bonds is 6. The minimum absolute atomic E-state index is 0.253. The van der Waals surface area contributed by atoms with Crippen molar-refractivity contribution in [1.29, 1.82) is 0 Å². The number of aryl methyl sites for hydroxylation is 1. The van der Waals surface area contributed by atoms with Crippen molar-refractivity contribution in [2.45, 2.75) is 32.7 Å². The van der Waals surface area contributed by atoms with Crippen LogP contribution in [0.4, 0.5) is 8.78 Å². The Hall–Kier alpha value is -1.74. The number of nitrogens with one attached hydrogen (secondary N) is 1. The van der Waals surface area contributed by atoms with Crippen LogP contribution in [0.1, 0.15) is 43.0 Å². The number of hydrogen-bond acceptors (Lipinski definition) is 1. The smallest absolute Gasteiger partial charge is 0.131 e. The summed E-state index contributed by atoms with van der Waals surface area (Å²) in [6.07, 6.45) is 1.88. The molecule has 0 saturated heterocycles. The van der Waals surface area contributed by atoms with Crippen molar-refractivity contribution in [3.8, 4) is 0 Å². The molecule has 1 N–H and O–H groups in total. The van der Waals surface area contributed by atoms with E-state index in [9.17, 15) is 8.78 Å². The third-order valence-electron chi connectivity index (χ3n) is 3.56. The number of hydrogen-bond donors (Lipinski definition) is 1. The molecule has 2 aromatic carbocycles. The number of halogens is 2. The van der Waals surface area contributed by atoms with Gasteiger partial charge in [-0.25, -0.2) is 8.78 Å². The topological polar surface area (TPSA) is 12.0 Å². The first-order chi connectivity index (χ1) is 10.2. The lowest BCUT2D eigenvalue weighted by Gasteiger charge is -2.21. The maximum absolute atomic E-state index is 14.1. The zero-order valence-corrected chi connectivity index (χ0v) is 12.5. The SMILES string of the molecule is CCCNC(c1cccc(CC)c1)c1ccc(F)cc1F. The molecule has 1 nitrogen and oxygen atoms in total. The van der Waals surface area contributed by atoms with Gasteiger partial charge in [0.1, 0.15) is 11.6 Å². The Kier molecular flexibility index (Phi) is 5.45. The second-order valence-electron chi connectivity index (χ2n) is 5.15. The lowest BCUT2D eigenvalue weighted by molar-refractivity contribution is 0.532. The summed E-state index contributed by atoms with van der Waals surface area (Å²) in [5, 5.41) is 3.35. The molecule has 2 rings (SSSR count). The molecule has 3 heteroatoms. The third kappa shape index (κ3) is 3.88. The summed E-state index contributed by atoms with van der Waals surface area (Å²) in [6.45, 7) is 4.93. The van der Waals surface area contributed by atoms with Gasteiger partial charge < -0.3 is 5.32 Å². The van der Waals surface area contributed by atoms with Gasteiger partial charge in [0.15, 0.2) is 0 Å². The lowest BCUT2D eigenvalue weighted by atomic mass is 9.96. The molecular formula is C18H21F2N. The molecule has 0 aliphatic heterocycles. The largest absolute Gasteiger partial charge is 0.306 e. The normalized spacial score (nSPS) is 12.4. The molecule has 0 aliphatic carbocycles. The van der Waals surface area contributed by atoms with Gasteiger partial charge in [0.2, 0.25) is 0 Å². The Morgan fingerprint density at radius 3 is 2.52 bits per heavy atom. The maximum atomic E-state index is 14.1. The molecule has 0 fully saturated rings. The summed E-state index contributed by atoms with van der Waals surface area (Å²) < 4.78 is 27.2. The predicted octanol–water partition coefficient (Wildman–Crippen LogP) is 4.62. The molecular weight excluding hydrogens is 268 g/mol. The van der Waals surface area contributed by atoms with Gasteiger partial charge in [-0.2, -0.15) is 0 Å². The van der Waals surface area contributed by atoms with Crippen LogP contribution in [0.3, 0.4) is 0 Å². The van der Waals surface area contributed by atoms with Crippen LogP contribution in [0, 0.1) is 11.6 Å². The zero-order chi connectivity index (χ0) is 15.2. The van der Waals surface area contributed by atoms with Gasteiger partial charge >= 0.3 is 0 Å². The number of benzene rings is 2. The van der Waals surface area contributed by atoms with Crippen molar-refractivity contribution in [2.24, 2.45) is 0 Å². The molecule has 0 heterocycles. The summed E-state index contributed by atoms with van der Waals surface area (Å²) in [7, 11) is 0. The van der Waals surface area contributed by atoms with E-state index >= 15 is 0 Å². The molecule has 21 heavy (non-hydrogen) atoms. The summed E-state index contributed by atoms with van der Waals surface area (Å²) >= 11 is 0. The van der Waals surface area contributed by atoms with E-state index in [1.165, 1.54) is 17.7 Å². The summed E-state index contributed by atoms with van der Waals surface area (Å²) in [6, 6.07) is 11.6. The maximum Gasteiger partial charge on any atom is 0.131 e. The molecule has 0 saturated carbocycles. The fraction of sp³-hybridized carbons (Fsp3) is 0.333. The molecule has 0 aliphatic rings. The molecule has 0 spiro atoms. The zero-order valence-electron chi connectivity index (χ0n) is 12.5. The van der Waals surface area contributed by atoms with Crippen molar-refractivity contribution >= 4 is 0 Å². The fourth-order valence-electron chi connectivity index (χ4n) is 2.42. The molecule has 0 aromatic heterocycles. The van der Waals surface area contributed by atoms with Gasteiger partial charge in [-0.3, -0.25) is 0 Å². The quantitative estimate of drug-likeness (QED) is 0.818. The second-order valence-corrected chi connectivity index (χ2v) is 5.15. The third-order valence-corrected chi connectivity index (χ3v) is 3.56. The summed E-state index contributed by atoms with van der Waals surface area (Å²) in [5.41, 5.74) is 2.70. The monoisotopic (exact) mass is 289 g/mol. The Balaban J connectivity index is 2.41. The first-order valence-electron chi connectivity index (χ1n) is 7.42. The Morgan fingerprint density at radius 2 is 1.86 bits per heavy atom. The van der Waals surface area contributed by atoms with E-state index in [1.807, 2.05) is 12.1 Å². The fourth-order valence-corrected chi connectivity index (χ4v) is 2.42. The van der Waals surface area contributed by atoms with Crippen LogP contribution < -0.4 is 5.32 Å². The van der Waals surface area contributed by atoms with E-state index in [0.29, 0.717) is 5.56 Å². The van der Waals surface area contributed by atoms with Gasteiger partial charge in [-0.1, -0.05) is 44.2 Å². The highest BCUT2D eigenvalue weighted by Crippen LogP contribution is 2.26. The van der Waals surface area contributed by atoms with Crippen molar-refractivity contribution in [1.82, 2.24) is 5.32 Å². The highest BCUT2D eigenvalue weighted by atomic mass is 19.1. The molecule has 0 radical (unpaired) electrons. The minimum atomic E-state index is -0.548. The standard InChI is InChI=1S/C18H21F2N/c1-3-10-21-18(14-7-5-6-13(4-2)11-14)16-9-8-15(19)12-17(16)20/h5-9,11-12,18,21H,3-4,10H2,1-2H3. The molecule has 1 unspecified atom stereocenters. The first-order valence-corrected chi connectivity index (χ1v) is 7.42. The van der Waals surface area contributed by atoms with E-state index in [4.69, 9.17) is 0 Å². The van der Waals surface area contributed by atoms with Crippen LogP contribution in [0.15, 0.2) is 42.5 Å². The van der Waals surface area contributed by atoms with Crippen LogP contribution in [-0.4, -0.2) is 6.54 Å². The highest BCUT2D eigenvalue weighted by Gasteiger charge is 2.18. The van der Waals surface area contributed by atoms with Gasteiger partial charge in [0.25, 0.3) is 0 Å². The second kappa shape index (κ2) is 7.32. The van der Waals surface area contributed by atoms with Crippen LogP contribution in [0.5, 0.6) is 0 Å². The van der Waals surface area contributed by atoms with Gasteiger partial charge in [0, 0.05) is 11.6 Å². The Labute approximate surface area is 125 Å². The van der Waals surface area contributed by atoms with E-state index in [2.05, 4.69) is 31.3 Å². The summed E-state index contributed by atoms with van der Waals surface area (Å²) in [5.74, 6) is -1.06. The Bertz CT molecular complexity index is 596. The first kappa shape index (κ1) is 15.6.